The van der Waals surface area contributed by atoms with Gasteiger partial charge in [-0.1, -0.05) is 0 Å². The fourth-order valence-corrected chi connectivity index (χ4v) is 1.63. The first kappa shape index (κ1) is 13.2. The number of carbonyl (C=O) groups excluding carboxylic acids is 1. The number of aromatic nitrogens is 2. The van der Waals surface area contributed by atoms with Gasteiger partial charge in [-0.05, 0) is 12.1 Å². The van der Waals surface area contributed by atoms with Crippen molar-refractivity contribution in [3.63, 3.8) is 0 Å². The predicted octanol–water partition coefficient (Wildman–Crippen LogP) is -0.140. The van der Waals surface area contributed by atoms with Crippen LogP contribution in [0, 0.1) is 0 Å². The second kappa shape index (κ2) is 6.07. The van der Waals surface area contributed by atoms with Crippen LogP contribution in [0.3, 0.4) is 0 Å². The van der Waals surface area contributed by atoms with Crippen LogP contribution >= 0.6 is 0 Å². The molecule has 0 saturated carbocycles. The molecule has 0 spiro atoms. The summed E-state index contributed by atoms with van der Waals surface area (Å²) in [6.45, 7) is -0.236. The number of hydrogen-bond donors (Lipinski definition) is 3. The number of aliphatic hydroxyl groups is 1. The molecular formula is C12H14N4O3. The van der Waals surface area contributed by atoms with Crippen LogP contribution in [-0.4, -0.2) is 33.8 Å². The molecule has 0 aliphatic rings. The van der Waals surface area contributed by atoms with Crippen molar-refractivity contribution in [1.82, 2.24) is 15.3 Å². The smallest absolute Gasteiger partial charge is 0.255 e. The summed E-state index contributed by atoms with van der Waals surface area (Å²) in [4.78, 5) is 19.4. The highest BCUT2D eigenvalue weighted by molar-refractivity contribution is 5.93. The summed E-state index contributed by atoms with van der Waals surface area (Å²) in [6.07, 6.45) is 4.81. The molecule has 2 heterocycles. The van der Waals surface area contributed by atoms with Crippen LogP contribution in [0.4, 0.5) is 0 Å². The summed E-state index contributed by atoms with van der Waals surface area (Å²) in [5, 5.41) is 11.9. The Kier molecular flexibility index (Phi) is 4.22. The van der Waals surface area contributed by atoms with E-state index in [1.54, 1.807) is 12.1 Å². The van der Waals surface area contributed by atoms with E-state index in [4.69, 9.17) is 10.2 Å². The Bertz CT molecular complexity index is 515. The lowest BCUT2D eigenvalue weighted by Gasteiger charge is -2.21. The molecule has 2 atom stereocenters. The van der Waals surface area contributed by atoms with Gasteiger partial charge >= 0.3 is 0 Å². The van der Waals surface area contributed by atoms with Crippen molar-refractivity contribution in [1.29, 1.82) is 0 Å². The third kappa shape index (κ3) is 3.15. The maximum atomic E-state index is 11.9. The van der Waals surface area contributed by atoms with Crippen LogP contribution in [0.5, 0.6) is 0 Å². The third-order valence-electron chi connectivity index (χ3n) is 2.66. The standard InChI is InChI=1S/C12H14N4O3/c13-11(9(6-17)10-2-1-3-19-10)16-12(18)8-4-14-7-15-5-8/h1-5,7,9,11,17H,6,13H2,(H,16,18). The van der Waals surface area contributed by atoms with E-state index >= 15 is 0 Å². The number of nitrogens with two attached hydrogens (primary N) is 1. The summed E-state index contributed by atoms with van der Waals surface area (Å²) < 4.78 is 5.18. The van der Waals surface area contributed by atoms with Gasteiger partial charge in [0, 0.05) is 12.4 Å². The summed E-state index contributed by atoms with van der Waals surface area (Å²) in [7, 11) is 0. The molecular weight excluding hydrogens is 248 g/mol. The van der Waals surface area contributed by atoms with Gasteiger partial charge in [0.05, 0.1) is 30.5 Å². The summed E-state index contributed by atoms with van der Waals surface area (Å²) in [5.41, 5.74) is 6.17. The average molecular weight is 262 g/mol. The van der Waals surface area contributed by atoms with Crippen LogP contribution in [-0.2, 0) is 0 Å². The first-order chi connectivity index (χ1) is 9.22. The van der Waals surface area contributed by atoms with Gasteiger partial charge in [0.25, 0.3) is 5.91 Å². The van der Waals surface area contributed by atoms with E-state index in [-0.39, 0.29) is 6.61 Å². The Labute approximate surface area is 109 Å². The minimum Gasteiger partial charge on any atom is -0.469 e. The Hall–Kier alpha value is -2.25. The lowest BCUT2D eigenvalue weighted by molar-refractivity contribution is 0.0920. The van der Waals surface area contributed by atoms with E-state index in [0.29, 0.717) is 11.3 Å². The van der Waals surface area contributed by atoms with Gasteiger partial charge in [-0.2, -0.15) is 0 Å². The van der Waals surface area contributed by atoms with Crippen molar-refractivity contribution in [3.05, 3.63) is 48.4 Å². The molecule has 7 nitrogen and oxygen atoms in total. The largest absolute Gasteiger partial charge is 0.469 e. The van der Waals surface area contributed by atoms with Crippen molar-refractivity contribution in [3.8, 4) is 0 Å². The molecule has 2 aromatic heterocycles. The molecule has 2 unspecified atom stereocenters. The Morgan fingerprint density at radius 3 is 2.79 bits per heavy atom. The number of rotatable bonds is 5. The Morgan fingerprint density at radius 1 is 1.47 bits per heavy atom. The lowest BCUT2D eigenvalue weighted by atomic mass is 10.0. The van der Waals surface area contributed by atoms with Gasteiger partial charge in [-0.25, -0.2) is 9.97 Å². The first-order valence-electron chi connectivity index (χ1n) is 5.68. The van der Waals surface area contributed by atoms with Crippen LogP contribution in [0.25, 0.3) is 0 Å². The molecule has 4 N–H and O–H groups in total. The number of amides is 1. The van der Waals surface area contributed by atoms with Crippen LogP contribution in [0.1, 0.15) is 22.0 Å². The summed E-state index contributed by atoms with van der Waals surface area (Å²) in [5.74, 6) is -0.402. The van der Waals surface area contributed by atoms with E-state index in [1.165, 1.54) is 25.0 Å². The second-order valence-corrected chi connectivity index (χ2v) is 3.93. The van der Waals surface area contributed by atoms with Gasteiger partial charge in [0.15, 0.2) is 0 Å². The highest BCUT2D eigenvalue weighted by atomic mass is 16.3. The quantitative estimate of drug-likeness (QED) is 0.646. The molecule has 0 aliphatic carbocycles. The number of nitrogens with one attached hydrogen (secondary N) is 1. The molecule has 2 aromatic rings. The van der Waals surface area contributed by atoms with E-state index in [0.717, 1.165) is 0 Å². The van der Waals surface area contributed by atoms with Crippen LogP contribution in [0.15, 0.2) is 41.5 Å². The average Bonchev–Trinajstić information content (AvgIpc) is 2.94. The highest BCUT2D eigenvalue weighted by Gasteiger charge is 2.23. The maximum Gasteiger partial charge on any atom is 0.255 e. The molecule has 0 aromatic carbocycles. The minimum absolute atomic E-state index is 0.236. The molecule has 0 saturated heterocycles. The van der Waals surface area contributed by atoms with Crippen LogP contribution < -0.4 is 11.1 Å². The topological polar surface area (TPSA) is 114 Å². The molecule has 2 rings (SSSR count). The van der Waals surface area contributed by atoms with E-state index in [2.05, 4.69) is 15.3 Å². The van der Waals surface area contributed by atoms with Crippen molar-refractivity contribution in [2.24, 2.45) is 5.73 Å². The van der Waals surface area contributed by atoms with Gasteiger partial charge in [0.2, 0.25) is 0 Å². The van der Waals surface area contributed by atoms with Gasteiger partial charge in [-0.15, -0.1) is 0 Å². The molecule has 1 amide bonds. The van der Waals surface area contributed by atoms with Gasteiger partial charge in [-0.3, -0.25) is 4.79 Å². The monoisotopic (exact) mass is 262 g/mol. The van der Waals surface area contributed by atoms with E-state index < -0.39 is 18.0 Å². The molecule has 0 fully saturated rings. The zero-order valence-corrected chi connectivity index (χ0v) is 10.1. The van der Waals surface area contributed by atoms with Crippen LogP contribution in [0.2, 0.25) is 0 Å². The van der Waals surface area contributed by atoms with E-state index in [1.807, 2.05) is 0 Å². The predicted molar refractivity (Wildman–Crippen MR) is 66.0 cm³/mol. The molecule has 0 radical (unpaired) electrons. The molecule has 7 heteroatoms. The van der Waals surface area contributed by atoms with Gasteiger partial charge < -0.3 is 20.6 Å². The normalized spacial score (nSPS) is 13.8. The van der Waals surface area contributed by atoms with Crippen molar-refractivity contribution in [2.75, 3.05) is 6.61 Å². The fourth-order valence-electron chi connectivity index (χ4n) is 1.63. The summed E-state index contributed by atoms with van der Waals surface area (Å²) in [6, 6.07) is 3.39. The minimum atomic E-state index is -0.774. The van der Waals surface area contributed by atoms with Crippen molar-refractivity contribution in [2.45, 2.75) is 12.1 Å². The number of carbonyl (C=O) groups is 1. The second-order valence-electron chi connectivity index (χ2n) is 3.93. The molecule has 19 heavy (non-hydrogen) atoms. The maximum absolute atomic E-state index is 11.9. The molecule has 100 valence electrons. The number of hydrogen-bond acceptors (Lipinski definition) is 6. The zero-order valence-electron chi connectivity index (χ0n) is 10.1. The molecule has 0 aliphatic heterocycles. The molecule has 0 bridgehead atoms. The third-order valence-corrected chi connectivity index (χ3v) is 2.66. The zero-order chi connectivity index (χ0) is 13.7. The van der Waals surface area contributed by atoms with Crippen molar-refractivity contribution >= 4 is 5.91 Å². The SMILES string of the molecule is NC(NC(=O)c1cncnc1)C(CO)c1ccco1. The van der Waals surface area contributed by atoms with Gasteiger partial charge in [0.1, 0.15) is 12.1 Å². The van der Waals surface area contributed by atoms with E-state index in [9.17, 15) is 9.90 Å². The first-order valence-corrected chi connectivity index (χ1v) is 5.68. The van der Waals surface area contributed by atoms with Crippen molar-refractivity contribution < 1.29 is 14.3 Å². The Balaban J connectivity index is 2.04. The lowest BCUT2D eigenvalue weighted by Crippen LogP contribution is -2.46. The number of furan rings is 1. The fraction of sp³-hybridized carbons (Fsp3) is 0.250. The number of aliphatic hydroxyl groups excluding tert-OH is 1. The highest BCUT2D eigenvalue weighted by Crippen LogP contribution is 2.17. The summed E-state index contributed by atoms with van der Waals surface area (Å²) >= 11 is 0. The Morgan fingerprint density at radius 2 is 2.21 bits per heavy atom. The number of nitrogens with zero attached hydrogens (tertiary/aromatic N) is 2.